The van der Waals surface area contributed by atoms with Gasteiger partial charge < -0.3 is 0 Å². The fourth-order valence-electron chi connectivity index (χ4n) is 7.21. The van der Waals surface area contributed by atoms with Gasteiger partial charge in [-0.3, -0.25) is 0 Å². The van der Waals surface area contributed by atoms with Gasteiger partial charge in [-0.15, -0.1) is 0 Å². The summed E-state index contributed by atoms with van der Waals surface area (Å²) in [5.74, 6) is 0. The minimum absolute atomic E-state index is 0.271. The molecule has 7 rings (SSSR count). The maximum atomic E-state index is 12.3. The van der Waals surface area contributed by atoms with E-state index in [9.17, 15) is 9.59 Å². The molecule has 6 heteroatoms. The molecule has 1 heterocycles. The number of benzene rings is 4. The van der Waals surface area contributed by atoms with Crippen molar-refractivity contribution in [2.75, 3.05) is 0 Å². The van der Waals surface area contributed by atoms with Gasteiger partial charge in [-0.1, -0.05) is 0 Å². The summed E-state index contributed by atoms with van der Waals surface area (Å²) < 4.78 is 12.0. The Morgan fingerprint density at radius 1 is 0.611 bits per heavy atom. The van der Waals surface area contributed by atoms with E-state index in [4.69, 9.17) is 6.64 Å². The molecule has 36 heavy (non-hydrogen) atoms. The van der Waals surface area contributed by atoms with Crippen LogP contribution in [0.25, 0.3) is 22.3 Å². The molecule has 0 spiro atoms. The van der Waals surface area contributed by atoms with Gasteiger partial charge in [0.15, 0.2) is 0 Å². The molecule has 4 aromatic rings. The van der Waals surface area contributed by atoms with E-state index in [1.165, 1.54) is 32.6 Å². The van der Waals surface area contributed by atoms with E-state index in [1.54, 1.807) is 0 Å². The molecule has 0 N–H and O–H groups in total. The van der Waals surface area contributed by atoms with Crippen molar-refractivity contribution in [2.24, 2.45) is 0 Å². The fourth-order valence-corrected chi connectivity index (χ4v) is 17.2. The van der Waals surface area contributed by atoms with E-state index in [0.29, 0.717) is 12.9 Å². The van der Waals surface area contributed by atoms with Crippen LogP contribution >= 0.6 is 0 Å². The minimum atomic E-state index is -4.44. The van der Waals surface area contributed by atoms with E-state index in [0.717, 1.165) is 22.3 Å². The molecule has 2 aliphatic carbocycles. The van der Waals surface area contributed by atoms with Gasteiger partial charge in [-0.2, -0.15) is 0 Å². The van der Waals surface area contributed by atoms with Crippen molar-refractivity contribution in [1.29, 1.82) is 0 Å². The summed E-state index contributed by atoms with van der Waals surface area (Å²) in [6.07, 6.45) is 0. The summed E-state index contributed by atoms with van der Waals surface area (Å²) in [7, 11) is -2.23. The number of hydrogen-bond donors (Lipinski definition) is 0. The standard InChI is InChI=1S/C28H22Si.2CH2O2.Ti/c1-29(2,27-15-7-13-23-21-11-5-3-9-19(21)17-25(23)27)28-16-8-14-24-22-12-6-4-10-20(22)18-26(24)28;2*2-1-3;/h3-18H,1-2H3;2*1H,(H,2,3);/q;;;+2/p-2. The third-order valence-corrected chi connectivity index (χ3v) is 17.9. The van der Waals surface area contributed by atoms with Gasteiger partial charge in [-0.25, -0.2) is 0 Å². The predicted molar refractivity (Wildman–Crippen MR) is 138 cm³/mol. The van der Waals surface area contributed by atoms with Crippen molar-refractivity contribution in [3.8, 4) is 22.3 Å². The number of carbonyl (C=O) groups excluding carboxylic acids is 2. The van der Waals surface area contributed by atoms with E-state index in [2.05, 4.69) is 73.8 Å². The normalized spacial score (nSPS) is 20.6. The Morgan fingerprint density at radius 3 is 1.47 bits per heavy atom. The molecular formula is C30H24O4SiTi. The van der Waals surface area contributed by atoms with Crippen molar-refractivity contribution >= 4 is 31.4 Å². The van der Waals surface area contributed by atoms with Crippen LogP contribution in [0.3, 0.4) is 0 Å². The van der Waals surface area contributed by atoms with Crippen LogP contribution in [-0.2, 0) is 33.6 Å². The van der Waals surface area contributed by atoms with Gasteiger partial charge in [0, 0.05) is 0 Å². The summed E-state index contributed by atoms with van der Waals surface area (Å²) in [5.41, 5.74) is 9.19. The maximum absolute atomic E-state index is 12.3. The average molecular weight is 524 g/mol. The van der Waals surface area contributed by atoms with E-state index in [1.807, 2.05) is 24.3 Å². The average Bonchev–Trinajstić information content (AvgIpc) is 3.42. The van der Waals surface area contributed by atoms with Crippen LogP contribution in [0.15, 0.2) is 84.9 Å². The molecule has 4 nitrogen and oxygen atoms in total. The van der Waals surface area contributed by atoms with Crippen molar-refractivity contribution in [2.45, 2.75) is 21.5 Å². The van der Waals surface area contributed by atoms with Crippen LogP contribution in [0.4, 0.5) is 0 Å². The Balaban J connectivity index is 1.71. The second-order valence-corrected chi connectivity index (χ2v) is 19.5. The first kappa shape index (κ1) is 22.0. The van der Waals surface area contributed by atoms with Crippen LogP contribution in [0, 0.1) is 0 Å². The van der Waals surface area contributed by atoms with Gasteiger partial charge in [0.2, 0.25) is 0 Å². The number of hydrogen-bond acceptors (Lipinski definition) is 4. The first-order valence-corrected chi connectivity index (χ1v) is 18.3. The van der Waals surface area contributed by atoms with Crippen molar-refractivity contribution in [1.82, 2.24) is 0 Å². The molecule has 0 saturated carbocycles. The van der Waals surface area contributed by atoms with E-state index < -0.39 is 25.4 Å². The van der Waals surface area contributed by atoms with Crippen LogP contribution in [0.1, 0.15) is 30.7 Å². The second-order valence-electron chi connectivity index (χ2n) is 10.3. The molecule has 176 valence electrons. The van der Waals surface area contributed by atoms with Gasteiger partial charge in [-0.05, 0) is 0 Å². The molecule has 0 amide bonds. The summed E-state index contributed by atoms with van der Waals surface area (Å²) in [5, 5.41) is 2.64. The third kappa shape index (κ3) is 2.58. The Bertz CT molecular complexity index is 1480. The van der Waals surface area contributed by atoms with Crippen molar-refractivity contribution in [3.05, 3.63) is 107 Å². The van der Waals surface area contributed by atoms with Gasteiger partial charge in [0.1, 0.15) is 0 Å². The van der Waals surface area contributed by atoms with Crippen molar-refractivity contribution < 1.29 is 33.6 Å². The van der Waals surface area contributed by atoms with Crippen molar-refractivity contribution in [3.63, 3.8) is 0 Å². The molecule has 0 fully saturated rings. The zero-order valence-corrected chi connectivity index (χ0v) is 22.6. The number of rotatable bonds is 4. The summed E-state index contributed by atoms with van der Waals surface area (Å²) in [4.78, 5) is 24.6. The Morgan fingerprint density at radius 2 is 1.03 bits per heavy atom. The molecule has 0 radical (unpaired) electrons. The Hall–Kier alpha value is -3.25. The SMILES string of the molecule is C[Si]1(C)c2cccc3c2[CH](c2ccccc2-3)[Ti]([O]C=O)([O]C=O)[CH]2c3ccccc3-c3cccc1c32. The van der Waals surface area contributed by atoms with E-state index >= 15 is 0 Å². The molecule has 0 bridgehead atoms. The van der Waals surface area contributed by atoms with Gasteiger partial charge in [0.05, 0.1) is 0 Å². The van der Waals surface area contributed by atoms with Crippen LogP contribution in [0.2, 0.25) is 13.1 Å². The summed E-state index contributed by atoms with van der Waals surface area (Å²) >= 11 is -4.44. The Kier molecular flexibility index (Phi) is 4.66. The van der Waals surface area contributed by atoms with Crippen LogP contribution in [-0.4, -0.2) is 21.0 Å². The van der Waals surface area contributed by atoms with Crippen LogP contribution < -0.4 is 10.4 Å². The zero-order chi connectivity index (χ0) is 24.7. The molecular weight excluding hydrogens is 500 g/mol. The first-order chi connectivity index (χ1) is 17.5. The molecule has 3 aliphatic rings. The van der Waals surface area contributed by atoms with Gasteiger partial charge >= 0.3 is 216 Å². The predicted octanol–water partition coefficient (Wildman–Crippen LogP) is 4.99. The zero-order valence-electron chi connectivity index (χ0n) is 20.0. The van der Waals surface area contributed by atoms with E-state index in [-0.39, 0.29) is 8.45 Å². The molecule has 2 unspecified atom stereocenters. The quantitative estimate of drug-likeness (QED) is 0.279. The molecule has 0 aromatic heterocycles. The first-order valence-electron chi connectivity index (χ1n) is 12.2. The summed E-state index contributed by atoms with van der Waals surface area (Å²) in [6.45, 7) is 5.89. The second kappa shape index (κ2) is 7.62. The molecule has 1 aliphatic heterocycles. The molecule has 2 atom stereocenters. The summed E-state index contributed by atoms with van der Waals surface area (Å²) in [6, 6.07) is 29.8. The molecule has 0 saturated heterocycles. The van der Waals surface area contributed by atoms with Crippen LogP contribution in [0.5, 0.6) is 0 Å². The monoisotopic (exact) mass is 524 g/mol. The number of carbonyl (C=O) groups is 2. The fraction of sp³-hybridized carbons (Fsp3) is 0.133. The third-order valence-electron chi connectivity index (χ3n) is 8.53. The number of fused-ring (bicyclic) bond motifs is 6. The molecule has 4 aromatic carbocycles. The van der Waals surface area contributed by atoms with Gasteiger partial charge in [0.25, 0.3) is 0 Å². The topological polar surface area (TPSA) is 52.6 Å². The Labute approximate surface area is 215 Å².